The van der Waals surface area contributed by atoms with Gasteiger partial charge in [-0.2, -0.15) is 0 Å². The molecule has 2 aromatic heterocycles. The highest BCUT2D eigenvalue weighted by Crippen LogP contribution is 2.57. The Hall–Kier alpha value is -5.02. The average Bonchev–Trinajstić information content (AvgIpc) is 4.02. The number of Topliss-reactive ketones (excluding diaryl/α,β-unsaturated/α-hetero) is 1. The number of nitrogens with zero attached hydrogens (tertiary/aromatic N) is 4. The number of aryl methyl sites for hydroxylation is 1. The van der Waals surface area contributed by atoms with Gasteiger partial charge in [0.2, 0.25) is 15.9 Å². The van der Waals surface area contributed by atoms with Crippen LogP contribution in [0.3, 0.4) is 0 Å². The Labute approximate surface area is 368 Å². The molecular weight excluding hydrogens is 827 g/mol. The highest BCUT2D eigenvalue weighted by atomic mass is 32.2. The third-order valence-electron chi connectivity index (χ3n) is 13.2. The SMILES string of the molecule is COc1ccc(CN2CCCCC/C=C\[C@H]3C[C@@]3(C(=O)NS(=O)(=O)C3(C)CC3)CC(=O)[C@@H]3C[C@@H](Oc4cc(-c5nc(C(C)C)cs5)nc5c(C)c(OC)ccc45)CN3C2=O)cc1. The van der Waals surface area contributed by atoms with E-state index in [9.17, 15) is 22.8 Å². The van der Waals surface area contributed by atoms with E-state index in [-0.39, 0.29) is 43.0 Å². The van der Waals surface area contributed by atoms with Gasteiger partial charge in [0.1, 0.15) is 34.1 Å². The smallest absolute Gasteiger partial charge is 0.321 e. The van der Waals surface area contributed by atoms with Crippen molar-refractivity contribution in [2.45, 2.75) is 115 Å². The number of rotatable bonds is 11. The van der Waals surface area contributed by atoms with E-state index in [2.05, 4.69) is 18.6 Å². The van der Waals surface area contributed by atoms with Crippen LogP contribution < -0.4 is 18.9 Å². The van der Waals surface area contributed by atoms with Gasteiger partial charge in [-0.1, -0.05) is 44.6 Å². The molecule has 0 bridgehead atoms. The van der Waals surface area contributed by atoms with E-state index < -0.39 is 38.2 Å². The minimum absolute atomic E-state index is 0.118. The molecule has 15 heteroatoms. The number of nitrogens with one attached hydrogen (secondary N) is 1. The van der Waals surface area contributed by atoms with E-state index in [1.165, 1.54) is 11.3 Å². The van der Waals surface area contributed by atoms with Crippen molar-refractivity contribution in [1.82, 2.24) is 24.5 Å². The van der Waals surface area contributed by atoms with Gasteiger partial charge in [-0.15, -0.1) is 11.3 Å². The maximum absolute atomic E-state index is 15.0. The van der Waals surface area contributed by atoms with Gasteiger partial charge < -0.3 is 24.0 Å². The summed E-state index contributed by atoms with van der Waals surface area (Å²) >= 11 is 1.51. The largest absolute Gasteiger partial charge is 0.497 e. The molecule has 1 saturated heterocycles. The van der Waals surface area contributed by atoms with Crippen LogP contribution in [-0.4, -0.2) is 90.1 Å². The molecule has 0 radical (unpaired) electrons. The minimum atomic E-state index is -3.94. The molecule has 4 heterocycles. The van der Waals surface area contributed by atoms with Crippen molar-refractivity contribution >= 4 is 50.0 Å². The third kappa shape index (κ3) is 8.66. The molecule has 4 atom stereocenters. The number of benzene rings is 2. The van der Waals surface area contributed by atoms with Crippen molar-refractivity contribution in [2.75, 3.05) is 27.3 Å². The zero-order valence-corrected chi connectivity index (χ0v) is 38.1. The predicted molar refractivity (Wildman–Crippen MR) is 239 cm³/mol. The van der Waals surface area contributed by atoms with E-state index >= 15 is 0 Å². The number of fused-ring (bicyclic) bond motifs is 3. The molecule has 2 aromatic carbocycles. The normalized spacial score (nSPS) is 24.5. The molecule has 62 heavy (non-hydrogen) atoms. The first-order valence-electron chi connectivity index (χ1n) is 21.7. The van der Waals surface area contributed by atoms with Crippen molar-refractivity contribution in [2.24, 2.45) is 11.3 Å². The first-order chi connectivity index (χ1) is 29.6. The molecule has 1 N–H and O–H groups in total. The van der Waals surface area contributed by atoms with Gasteiger partial charge in [0.05, 0.1) is 48.2 Å². The number of carbonyl (C=O) groups excluding carboxylic acids is 3. The summed E-state index contributed by atoms with van der Waals surface area (Å²) in [5, 5.41) is 3.54. The number of carbonyl (C=O) groups is 3. The Bertz CT molecular complexity index is 2500. The Morgan fingerprint density at radius 2 is 1.79 bits per heavy atom. The number of thiazole rings is 1. The number of aromatic nitrogens is 2. The summed E-state index contributed by atoms with van der Waals surface area (Å²) in [6.07, 6.45) is 7.99. The number of ether oxygens (including phenoxy) is 3. The van der Waals surface area contributed by atoms with E-state index in [4.69, 9.17) is 24.2 Å². The summed E-state index contributed by atoms with van der Waals surface area (Å²) in [6.45, 7) is 8.70. The summed E-state index contributed by atoms with van der Waals surface area (Å²) < 4.78 is 46.0. The van der Waals surface area contributed by atoms with Crippen molar-refractivity contribution in [1.29, 1.82) is 0 Å². The van der Waals surface area contributed by atoms with Crippen LogP contribution in [0.1, 0.15) is 101 Å². The van der Waals surface area contributed by atoms with Crippen LogP contribution in [0.15, 0.2) is 60.0 Å². The molecule has 2 saturated carbocycles. The van der Waals surface area contributed by atoms with Gasteiger partial charge in [-0.25, -0.2) is 23.2 Å². The van der Waals surface area contributed by atoms with Gasteiger partial charge in [0, 0.05) is 48.3 Å². The van der Waals surface area contributed by atoms with Crippen LogP contribution in [0.5, 0.6) is 17.2 Å². The maximum atomic E-state index is 15.0. The second kappa shape index (κ2) is 17.3. The van der Waals surface area contributed by atoms with Crippen LogP contribution in [0.2, 0.25) is 0 Å². The highest BCUT2D eigenvalue weighted by molar-refractivity contribution is 7.91. The molecule has 0 spiro atoms. The van der Waals surface area contributed by atoms with Gasteiger partial charge in [-0.05, 0) is 94.0 Å². The average molecular weight is 884 g/mol. The Balaban J connectivity index is 1.15. The van der Waals surface area contributed by atoms with Crippen molar-refractivity contribution in [3.63, 3.8) is 0 Å². The summed E-state index contributed by atoms with van der Waals surface area (Å²) in [5.41, 5.74) is 2.82. The Morgan fingerprint density at radius 3 is 2.48 bits per heavy atom. The number of sulfonamides is 1. The lowest BCUT2D eigenvalue weighted by atomic mass is 9.91. The molecule has 13 nitrogen and oxygen atoms in total. The summed E-state index contributed by atoms with van der Waals surface area (Å²) in [4.78, 5) is 57.4. The number of hydrogen-bond acceptors (Lipinski definition) is 11. The maximum Gasteiger partial charge on any atom is 0.321 e. The number of hydrogen-bond donors (Lipinski definition) is 1. The molecule has 0 unspecified atom stereocenters. The number of urea groups is 1. The molecule has 4 aliphatic rings. The van der Waals surface area contributed by atoms with Gasteiger partial charge in [0.25, 0.3) is 0 Å². The number of methoxy groups -OCH3 is 2. The summed E-state index contributed by atoms with van der Waals surface area (Å²) in [7, 11) is -0.712. The topological polar surface area (TPSA) is 157 Å². The number of allylic oxidation sites excluding steroid dienone is 2. The first kappa shape index (κ1) is 43.6. The zero-order valence-electron chi connectivity index (χ0n) is 36.4. The van der Waals surface area contributed by atoms with Crippen LogP contribution in [0, 0.1) is 18.3 Å². The fraction of sp³-hybridized carbons (Fsp3) is 0.511. The zero-order chi connectivity index (χ0) is 44.0. The van der Waals surface area contributed by atoms with E-state index in [0.717, 1.165) is 52.9 Å². The van der Waals surface area contributed by atoms with E-state index in [1.54, 1.807) is 30.9 Å². The second-order valence-electron chi connectivity index (χ2n) is 18.0. The van der Waals surface area contributed by atoms with Crippen molar-refractivity contribution in [3.8, 4) is 28.0 Å². The van der Waals surface area contributed by atoms with Crippen LogP contribution in [0.25, 0.3) is 21.6 Å². The molecule has 330 valence electrons. The minimum Gasteiger partial charge on any atom is -0.497 e. The third-order valence-corrected chi connectivity index (χ3v) is 16.3. The van der Waals surface area contributed by atoms with Gasteiger partial charge >= 0.3 is 6.03 Å². The monoisotopic (exact) mass is 883 g/mol. The molecule has 3 amide bonds. The first-order valence-corrected chi connectivity index (χ1v) is 24.1. The number of amides is 3. The van der Waals surface area contributed by atoms with Gasteiger partial charge in [-0.3, -0.25) is 14.3 Å². The highest BCUT2D eigenvalue weighted by Gasteiger charge is 2.62. The molecule has 2 aliphatic heterocycles. The molecule has 2 aliphatic carbocycles. The van der Waals surface area contributed by atoms with Gasteiger partial charge in [0.15, 0.2) is 5.78 Å². The summed E-state index contributed by atoms with van der Waals surface area (Å²) in [5.74, 6) is 0.928. The van der Waals surface area contributed by atoms with Crippen LogP contribution in [0.4, 0.5) is 4.79 Å². The Kier molecular flexibility index (Phi) is 12.2. The van der Waals surface area contributed by atoms with Crippen molar-refractivity contribution < 1.29 is 37.0 Å². The second-order valence-corrected chi connectivity index (χ2v) is 21.0. The molecule has 8 rings (SSSR count). The van der Waals surface area contributed by atoms with E-state index in [0.29, 0.717) is 60.8 Å². The molecular formula is C47H57N5O8S2. The Morgan fingerprint density at radius 1 is 1.02 bits per heavy atom. The lowest BCUT2D eigenvalue weighted by molar-refractivity contribution is -0.131. The van der Waals surface area contributed by atoms with Crippen LogP contribution in [-0.2, 0) is 26.2 Å². The van der Waals surface area contributed by atoms with Crippen molar-refractivity contribution in [3.05, 3.63) is 76.8 Å². The standard InChI is InChI=1S/C47H57N5O8S2/c1-29(2)37-28-61-43(49-37)36-23-41(35-17-18-40(59-6)30(3)42(35)48-36)60-34-22-38-39(53)25-47(44(54)50-62(56,57)46(4)19-20-46)24-32(47)12-10-8-7-9-11-21-51(45(55)52(38)27-34)26-31-13-15-33(58-5)16-14-31/h10,12-18,23,28-29,32,34,38H,7-9,11,19-22,24-27H2,1-6H3,(H,50,54)/b12-10-/t32-,34+,38-,47+/m0/s1. The lowest BCUT2D eigenvalue weighted by Gasteiger charge is -2.32. The fourth-order valence-corrected chi connectivity index (χ4v) is 11.1. The number of ketones is 1. The lowest BCUT2D eigenvalue weighted by Crippen LogP contribution is -2.49. The number of pyridine rings is 1. The summed E-state index contributed by atoms with van der Waals surface area (Å²) in [6, 6.07) is 12.1. The predicted octanol–water partition coefficient (Wildman–Crippen LogP) is 8.35. The molecule has 3 fully saturated rings. The van der Waals surface area contributed by atoms with Crippen LogP contribution >= 0.6 is 11.3 Å². The fourth-order valence-electron chi connectivity index (χ4n) is 8.78. The van der Waals surface area contributed by atoms with E-state index in [1.807, 2.05) is 66.9 Å². The molecule has 4 aromatic rings. The quantitative estimate of drug-likeness (QED) is 0.145.